The van der Waals surface area contributed by atoms with E-state index < -0.39 is 4.92 Å². The number of nitrogens with zero attached hydrogens (tertiary/aromatic N) is 3. The zero-order valence-corrected chi connectivity index (χ0v) is 18.5. The highest BCUT2D eigenvalue weighted by atomic mass is 16.6. The lowest BCUT2D eigenvalue weighted by atomic mass is 10.1. The number of rotatable bonds is 9. The van der Waals surface area contributed by atoms with Gasteiger partial charge in [-0.2, -0.15) is 5.10 Å². The summed E-state index contributed by atoms with van der Waals surface area (Å²) >= 11 is 0. The summed E-state index contributed by atoms with van der Waals surface area (Å²) in [5, 5.41) is 21.5. The van der Waals surface area contributed by atoms with Crippen LogP contribution in [0.5, 0.6) is 5.75 Å². The molecule has 3 aromatic carbocycles. The molecular formula is C25H23N5O4. The van der Waals surface area contributed by atoms with Crippen LogP contribution in [0.3, 0.4) is 0 Å². The normalized spacial score (nSPS) is 10.5. The van der Waals surface area contributed by atoms with E-state index in [0.29, 0.717) is 30.1 Å². The molecule has 0 aliphatic heterocycles. The summed E-state index contributed by atoms with van der Waals surface area (Å²) < 4.78 is 7.01. The van der Waals surface area contributed by atoms with Crippen molar-refractivity contribution in [2.45, 2.75) is 0 Å². The monoisotopic (exact) mass is 457 g/mol. The number of ether oxygens (including phenoxy) is 1. The lowest BCUT2D eigenvalue weighted by Gasteiger charge is -2.08. The Kier molecular flexibility index (Phi) is 6.83. The van der Waals surface area contributed by atoms with Gasteiger partial charge in [-0.05, 0) is 36.4 Å². The Morgan fingerprint density at radius 1 is 1.03 bits per heavy atom. The number of nitrogens with one attached hydrogen (secondary N) is 2. The van der Waals surface area contributed by atoms with Crippen LogP contribution in [0.2, 0.25) is 0 Å². The molecular weight excluding hydrogens is 434 g/mol. The molecule has 4 rings (SSSR count). The van der Waals surface area contributed by atoms with E-state index >= 15 is 0 Å². The molecule has 0 saturated carbocycles. The molecule has 172 valence electrons. The molecule has 34 heavy (non-hydrogen) atoms. The second kappa shape index (κ2) is 10.3. The van der Waals surface area contributed by atoms with Crippen LogP contribution < -0.4 is 15.4 Å². The fourth-order valence-electron chi connectivity index (χ4n) is 3.42. The largest absolute Gasteiger partial charge is 0.497 e. The molecule has 1 heterocycles. The number of aromatic nitrogens is 2. The molecule has 0 fully saturated rings. The zero-order valence-electron chi connectivity index (χ0n) is 18.5. The SMILES string of the molecule is COc1cccc(-c2nn(-c3ccccc3)cc2C(=O)NCCNc2ccc([N+](=O)[O-])cc2)c1. The fraction of sp³-hybridized carbons (Fsp3) is 0.120. The summed E-state index contributed by atoms with van der Waals surface area (Å²) in [4.78, 5) is 23.4. The van der Waals surface area contributed by atoms with E-state index in [1.54, 1.807) is 30.1 Å². The Labute approximate surface area is 196 Å². The summed E-state index contributed by atoms with van der Waals surface area (Å²) in [6.45, 7) is 0.800. The van der Waals surface area contributed by atoms with Gasteiger partial charge < -0.3 is 15.4 Å². The number of para-hydroxylation sites is 1. The van der Waals surface area contributed by atoms with Gasteiger partial charge in [0.15, 0.2) is 0 Å². The Balaban J connectivity index is 1.49. The van der Waals surface area contributed by atoms with Crippen molar-refractivity contribution in [2.75, 3.05) is 25.5 Å². The van der Waals surface area contributed by atoms with Gasteiger partial charge in [0.25, 0.3) is 11.6 Å². The molecule has 0 aliphatic rings. The Hall–Kier alpha value is -4.66. The second-order valence-electron chi connectivity index (χ2n) is 7.39. The van der Waals surface area contributed by atoms with E-state index in [2.05, 4.69) is 15.7 Å². The van der Waals surface area contributed by atoms with E-state index in [1.807, 2.05) is 54.6 Å². The van der Waals surface area contributed by atoms with Gasteiger partial charge in [0.05, 0.1) is 23.3 Å². The highest BCUT2D eigenvalue weighted by Gasteiger charge is 2.19. The second-order valence-corrected chi connectivity index (χ2v) is 7.39. The molecule has 9 nitrogen and oxygen atoms in total. The van der Waals surface area contributed by atoms with E-state index in [4.69, 9.17) is 4.74 Å². The van der Waals surface area contributed by atoms with Crippen LogP contribution >= 0.6 is 0 Å². The summed E-state index contributed by atoms with van der Waals surface area (Å²) in [7, 11) is 1.59. The highest BCUT2D eigenvalue weighted by Crippen LogP contribution is 2.27. The van der Waals surface area contributed by atoms with E-state index in [-0.39, 0.29) is 11.6 Å². The van der Waals surface area contributed by atoms with Gasteiger partial charge in [-0.1, -0.05) is 30.3 Å². The van der Waals surface area contributed by atoms with Crippen molar-refractivity contribution in [1.82, 2.24) is 15.1 Å². The molecule has 9 heteroatoms. The first-order chi connectivity index (χ1) is 16.5. The molecule has 0 bridgehead atoms. The third-order valence-electron chi connectivity index (χ3n) is 5.14. The van der Waals surface area contributed by atoms with Crippen LogP contribution in [0, 0.1) is 10.1 Å². The Bertz CT molecular complexity index is 1290. The van der Waals surface area contributed by atoms with E-state index in [0.717, 1.165) is 16.9 Å². The van der Waals surface area contributed by atoms with Crippen LogP contribution in [0.25, 0.3) is 16.9 Å². The van der Waals surface area contributed by atoms with Crippen molar-refractivity contribution in [3.8, 4) is 22.7 Å². The minimum atomic E-state index is -0.445. The highest BCUT2D eigenvalue weighted by molar-refractivity contribution is 6.00. The maximum Gasteiger partial charge on any atom is 0.269 e. The third-order valence-corrected chi connectivity index (χ3v) is 5.14. The number of anilines is 1. The molecule has 4 aromatic rings. The third kappa shape index (κ3) is 5.21. The van der Waals surface area contributed by atoms with Crippen LogP contribution in [-0.4, -0.2) is 40.8 Å². The number of hydrogen-bond acceptors (Lipinski definition) is 6. The maximum atomic E-state index is 13.1. The first-order valence-electron chi connectivity index (χ1n) is 10.6. The molecule has 0 radical (unpaired) electrons. The van der Waals surface area contributed by atoms with Crippen molar-refractivity contribution in [3.63, 3.8) is 0 Å². The van der Waals surface area contributed by atoms with Gasteiger partial charge >= 0.3 is 0 Å². The number of nitro groups is 1. The number of carbonyl (C=O) groups is 1. The van der Waals surface area contributed by atoms with Crippen LogP contribution in [0.1, 0.15) is 10.4 Å². The summed E-state index contributed by atoms with van der Waals surface area (Å²) in [6.07, 6.45) is 1.71. The van der Waals surface area contributed by atoms with Crippen LogP contribution in [-0.2, 0) is 0 Å². The number of nitro benzene ring substituents is 1. The molecule has 0 atom stereocenters. The quantitative estimate of drug-likeness (QED) is 0.220. The Morgan fingerprint density at radius 2 is 1.79 bits per heavy atom. The van der Waals surface area contributed by atoms with Gasteiger partial charge in [0.1, 0.15) is 11.4 Å². The van der Waals surface area contributed by atoms with Gasteiger partial charge in [-0.3, -0.25) is 14.9 Å². The maximum absolute atomic E-state index is 13.1. The number of hydrogen-bond donors (Lipinski definition) is 2. The molecule has 0 aliphatic carbocycles. The smallest absolute Gasteiger partial charge is 0.269 e. The van der Waals surface area contributed by atoms with Gasteiger partial charge in [0.2, 0.25) is 0 Å². The molecule has 0 unspecified atom stereocenters. The van der Waals surface area contributed by atoms with Crippen molar-refractivity contribution in [1.29, 1.82) is 0 Å². The van der Waals surface area contributed by atoms with Crippen LogP contribution in [0.4, 0.5) is 11.4 Å². The molecule has 0 saturated heterocycles. The van der Waals surface area contributed by atoms with E-state index in [9.17, 15) is 14.9 Å². The average Bonchev–Trinajstić information content (AvgIpc) is 3.33. The zero-order chi connectivity index (χ0) is 23.9. The van der Waals surface area contributed by atoms with Gasteiger partial charge in [0, 0.05) is 42.7 Å². The minimum Gasteiger partial charge on any atom is -0.497 e. The number of non-ortho nitro benzene ring substituents is 1. The molecule has 1 aromatic heterocycles. The van der Waals surface area contributed by atoms with Gasteiger partial charge in [-0.25, -0.2) is 4.68 Å². The summed E-state index contributed by atoms with van der Waals surface area (Å²) in [5.74, 6) is 0.413. The number of amides is 1. The first-order valence-corrected chi connectivity index (χ1v) is 10.6. The van der Waals surface area contributed by atoms with Gasteiger partial charge in [-0.15, -0.1) is 0 Å². The summed E-state index contributed by atoms with van der Waals surface area (Å²) in [6, 6.07) is 23.1. The molecule has 1 amide bonds. The number of methoxy groups -OCH3 is 1. The average molecular weight is 457 g/mol. The topological polar surface area (TPSA) is 111 Å². The van der Waals surface area contributed by atoms with E-state index in [1.165, 1.54) is 12.1 Å². The Morgan fingerprint density at radius 3 is 2.50 bits per heavy atom. The van der Waals surface area contributed by atoms with Crippen molar-refractivity contribution >= 4 is 17.3 Å². The van der Waals surface area contributed by atoms with Crippen molar-refractivity contribution in [3.05, 3.63) is 101 Å². The lowest BCUT2D eigenvalue weighted by molar-refractivity contribution is -0.384. The predicted octanol–water partition coefficient (Wildman–Crippen LogP) is 4.30. The van der Waals surface area contributed by atoms with Crippen molar-refractivity contribution < 1.29 is 14.5 Å². The predicted molar refractivity (Wildman–Crippen MR) is 129 cm³/mol. The minimum absolute atomic E-state index is 0.0272. The standard InChI is InChI=1S/C25H23N5O4/c1-34-22-9-5-6-18(16-22)24-23(17-29(28-24)20-7-3-2-4-8-20)25(31)27-15-14-26-19-10-12-21(13-11-19)30(32)33/h2-13,16-17,26H,14-15H2,1H3,(H,27,31). The van der Waals surface area contributed by atoms with Crippen LogP contribution in [0.15, 0.2) is 85.1 Å². The van der Waals surface area contributed by atoms with Crippen molar-refractivity contribution in [2.24, 2.45) is 0 Å². The fourth-order valence-corrected chi connectivity index (χ4v) is 3.42. The molecule has 2 N–H and O–H groups in total. The summed E-state index contributed by atoms with van der Waals surface area (Å²) in [5.41, 5.74) is 3.35. The number of carbonyl (C=O) groups excluding carboxylic acids is 1. The molecule has 0 spiro atoms. The first kappa shape index (κ1) is 22.5. The lowest BCUT2D eigenvalue weighted by Crippen LogP contribution is -2.28. The number of benzene rings is 3.